The fourth-order valence-corrected chi connectivity index (χ4v) is 3.59. The lowest BCUT2D eigenvalue weighted by Gasteiger charge is -2.33. The van der Waals surface area contributed by atoms with Crippen LogP contribution in [0.1, 0.15) is 72.1 Å². The molecule has 0 unspecified atom stereocenters. The molecule has 2 rings (SSSR count). The van der Waals surface area contributed by atoms with Crippen molar-refractivity contribution >= 4 is 6.09 Å². The standard InChI is InChI=1S/C18H34N2O2/c1-18(2,3)22-17(21)20-13-10-16(11-14-20)19-12-6-9-15-7-4-5-8-15/h15-16,19H,4-14H2,1-3H3. The summed E-state index contributed by atoms with van der Waals surface area (Å²) < 4.78 is 5.43. The van der Waals surface area contributed by atoms with Gasteiger partial charge < -0.3 is 15.0 Å². The molecule has 0 atom stereocenters. The zero-order valence-corrected chi connectivity index (χ0v) is 14.7. The van der Waals surface area contributed by atoms with Crippen LogP contribution in [0.25, 0.3) is 0 Å². The third-order valence-corrected chi connectivity index (χ3v) is 4.84. The SMILES string of the molecule is CC(C)(C)OC(=O)N1CCC(NCCCC2CCCC2)CC1. The van der Waals surface area contributed by atoms with Gasteiger partial charge in [0.2, 0.25) is 0 Å². The second kappa shape index (κ2) is 8.19. The predicted octanol–water partition coefficient (Wildman–Crippen LogP) is 3.95. The molecule has 0 bridgehead atoms. The Bertz CT molecular complexity index is 337. The van der Waals surface area contributed by atoms with Gasteiger partial charge in [0.05, 0.1) is 0 Å². The Morgan fingerprint density at radius 1 is 1.14 bits per heavy atom. The van der Waals surface area contributed by atoms with Crippen molar-refractivity contribution in [1.29, 1.82) is 0 Å². The predicted molar refractivity (Wildman–Crippen MR) is 90.0 cm³/mol. The number of hydrogen-bond donors (Lipinski definition) is 1. The maximum absolute atomic E-state index is 12.0. The lowest BCUT2D eigenvalue weighted by Crippen LogP contribution is -2.46. The fourth-order valence-electron chi connectivity index (χ4n) is 3.59. The van der Waals surface area contributed by atoms with E-state index in [1.54, 1.807) is 0 Å². The fraction of sp³-hybridized carbons (Fsp3) is 0.944. The first-order chi connectivity index (χ1) is 10.4. The van der Waals surface area contributed by atoms with Gasteiger partial charge in [-0.25, -0.2) is 4.79 Å². The molecular formula is C18H34N2O2. The molecule has 0 aromatic heterocycles. The molecule has 1 amide bonds. The number of piperidine rings is 1. The number of amides is 1. The van der Waals surface area contributed by atoms with E-state index >= 15 is 0 Å². The Kier molecular flexibility index (Phi) is 6.54. The Hall–Kier alpha value is -0.770. The van der Waals surface area contributed by atoms with Crippen molar-refractivity contribution in [3.8, 4) is 0 Å². The number of nitrogens with one attached hydrogen (secondary N) is 1. The molecule has 4 nitrogen and oxygen atoms in total. The third kappa shape index (κ3) is 6.15. The zero-order chi connectivity index (χ0) is 16.0. The van der Waals surface area contributed by atoms with Crippen LogP contribution < -0.4 is 5.32 Å². The molecule has 0 spiro atoms. The largest absolute Gasteiger partial charge is 0.444 e. The summed E-state index contributed by atoms with van der Waals surface area (Å²) in [5.41, 5.74) is -0.396. The van der Waals surface area contributed by atoms with Gasteiger partial charge >= 0.3 is 6.09 Å². The van der Waals surface area contributed by atoms with E-state index in [9.17, 15) is 4.79 Å². The number of hydrogen-bond acceptors (Lipinski definition) is 3. The molecular weight excluding hydrogens is 276 g/mol. The van der Waals surface area contributed by atoms with Gasteiger partial charge in [-0.1, -0.05) is 25.7 Å². The average molecular weight is 310 g/mol. The number of likely N-dealkylation sites (tertiary alicyclic amines) is 1. The maximum Gasteiger partial charge on any atom is 0.410 e. The second-order valence-electron chi connectivity index (χ2n) is 7.99. The van der Waals surface area contributed by atoms with E-state index < -0.39 is 5.60 Å². The maximum atomic E-state index is 12.0. The van der Waals surface area contributed by atoms with E-state index in [0.717, 1.165) is 38.4 Å². The molecule has 128 valence electrons. The van der Waals surface area contributed by atoms with Crippen LogP contribution in [0.5, 0.6) is 0 Å². The highest BCUT2D eigenvalue weighted by molar-refractivity contribution is 5.68. The summed E-state index contributed by atoms with van der Waals surface area (Å²) >= 11 is 0. The number of carbonyl (C=O) groups is 1. The summed E-state index contributed by atoms with van der Waals surface area (Å²) in [5.74, 6) is 0.996. The zero-order valence-electron chi connectivity index (χ0n) is 14.7. The molecule has 0 radical (unpaired) electrons. The van der Waals surface area contributed by atoms with Crippen LogP contribution in [0.4, 0.5) is 4.79 Å². The molecule has 0 aromatic rings. The average Bonchev–Trinajstić information content (AvgIpc) is 2.95. The number of nitrogens with zero attached hydrogens (tertiary/aromatic N) is 1. The van der Waals surface area contributed by atoms with E-state index in [1.807, 2.05) is 25.7 Å². The molecule has 2 aliphatic rings. The number of ether oxygens (including phenoxy) is 1. The first kappa shape index (κ1) is 17.6. The Labute approximate surface area is 136 Å². The van der Waals surface area contributed by atoms with E-state index in [4.69, 9.17) is 4.74 Å². The van der Waals surface area contributed by atoms with Gasteiger partial charge in [0, 0.05) is 19.1 Å². The van der Waals surface area contributed by atoms with Gasteiger partial charge in [-0.05, 0) is 58.9 Å². The number of carbonyl (C=O) groups excluding carboxylic acids is 1. The Morgan fingerprint density at radius 3 is 2.36 bits per heavy atom. The van der Waals surface area contributed by atoms with Gasteiger partial charge in [-0.3, -0.25) is 0 Å². The Morgan fingerprint density at radius 2 is 1.77 bits per heavy atom. The van der Waals surface area contributed by atoms with E-state index in [2.05, 4.69) is 5.32 Å². The molecule has 4 heteroatoms. The molecule has 22 heavy (non-hydrogen) atoms. The highest BCUT2D eigenvalue weighted by atomic mass is 16.6. The van der Waals surface area contributed by atoms with Gasteiger partial charge in [-0.2, -0.15) is 0 Å². The first-order valence-corrected chi connectivity index (χ1v) is 9.15. The summed E-state index contributed by atoms with van der Waals surface area (Å²) in [4.78, 5) is 13.9. The van der Waals surface area contributed by atoms with Crippen LogP contribution in [0.3, 0.4) is 0 Å². The van der Waals surface area contributed by atoms with Crippen LogP contribution in [0.15, 0.2) is 0 Å². The summed E-state index contributed by atoms with van der Waals surface area (Å²) in [6.07, 6.45) is 10.4. The minimum Gasteiger partial charge on any atom is -0.444 e. The Balaban J connectivity index is 1.55. The lowest BCUT2D eigenvalue weighted by atomic mass is 10.0. The van der Waals surface area contributed by atoms with Gasteiger partial charge in [0.15, 0.2) is 0 Å². The minimum absolute atomic E-state index is 0.160. The first-order valence-electron chi connectivity index (χ1n) is 9.15. The second-order valence-corrected chi connectivity index (χ2v) is 7.99. The smallest absolute Gasteiger partial charge is 0.410 e. The summed E-state index contributed by atoms with van der Waals surface area (Å²) in [6.45, 7) is 8.52. The van der Waals surface area contributed by atoms with Gasteiger partial charge in [-0.15, -0.1) is 0 Å². The van der Waals surface area contributed by atoms with Gasteiger partial charge in [0.25, 0.3) is 0 Å². The number of rotatable bonds is 5. The topological polar surface area (TPSA) is 41.6 Å². The lowest BCUT2D eigenvalue weighted by molar-refractivity contribution is 0.0198. The van der Waals surface area contributed by atoms with Crippen LogP contribution in [-0.2, 0) is 4.74 Å². The quantitative estimate of drug-likeness (QED) is 0.782. The third-order valence-electron chi connectivity index (χ3n) is 4.84. The molecule has 1 saturated heterocycles. The van der Waals surface area contributed by atoms with Crippen molar-refractivity contribution < 1.29 is 9.53 Å². The van der Waals surface area contributed by atoms with Crippen molar-refractivity contribution in [1.82, 2.24) is 10.2 Å². The van der Waals surface area contributed by atoms with Crippen molar-refractivity contribution in [2.45, 2.75) is 83.8 Å². The summed E-state index contributed by atoms with van der Waals surface area (Å²) in [7, 11) is 0. The molecule has 2 fully saturated rings. The van der Waals surface area contributed by atoms with Gasteiger partial charge in [0.1, 0.15) is 5.60 Å². The highest BCUT2D eigenvalue weighted by Crippen LogP contribution is 2.28. The van der Waals surface area contributed by atoms with E-state index in [0.29, 0.717) is 6.04 Å². The normalized spacial score (nSPS) is 21.3. The summed E-state index contributed by atoms with van der Waals surface area (Å²) in [5, 5.41) is 3.67. The molecule has 1 saturated carbocycles. The van der Waals surface area contributed by atoms with Crippen molar-refractivity contribution in [2.24, 2.45) is 5.92 Å². The van der Waals surface area contributed by atoms with E-state index in [-0.39, 0.29) is 6.09 Å². The highest BCUT2D eigenvalue weighted by Gasteiger charge is 2.26. The minimum atomic E-state index is -0.396. The molecule has 1 N–H and O–H groups in total. The molecule has 1 aliphatic carbocycles. The monoisotopic (exact) mass is 310 g/mol. The van der Waals surface area contributed by atoms with Crippen LogP contribution in [0, 0.1) is 5.92 Å². The van der Waals surface area contributed by atoms with Crippen LogP contribution in [-0.4, -0.2) is 42.3 Å². The van der Waals surface area contributed by atoms with E-state index in [1.165, 1.54) is 38.5 Å². The molecule has 1 heterocycles. The molecule has 1 aliphatic heterocycles. The van der Waals surface area contributed by atoms with Crippen molar-refractivity contribution in [2.75, 3.05) is 19.6 Å². The van der Waals surface area contributed by atoms with Crippen molar-refractivity contribution in [3.63, 3.8) is 0 Å². The summed E-state index contributed by atoms with van der Waals surface area (Å²) in [6, 6.07) is 0.572. The van der Waals surface area contributed by atoms with Crippen LogP contribution in [0.2, 0.25) is 0 Å². The van der Waals surface area contributed by atoms with Crippen LogP contribution >= 0.6 is 0 Å². The van der Waals surface area contributed by atoms with Crippen molar-refractivity contribution in [3.05, 3.63) is 0 Å². The molecule has 0 aromatic carbocycles.